The molecule has 0 spiro atoms. The van der Waals surface area contributed by atoms with E-state index in [4.69, 9.17) is 13.3 Å². The van der Waals surface area contributed by atoms with Crippen molar-refractivity contribution >= 4 is 45.6 Å². The van der Waals surface area contributed by atoms with E-state index >= 15 is 0 Å². The quantitative estimate of drug-likeness (QED) is 0.596. The van der Waals surface area contributed by atoms with Gasteiger partial charge in [-0.25, -0.2) is 0 Å². The van der Waals surface area contributed by atoms with Crippen LogP contribution in [0.4, 0.5) is 0 Å². The van der Waals surface area contributed by atoms with Gasteiger partial charge >= 0.3 is 14.5 Å². The van der Waals surface area contributed by atoms with Gasteiger partial charge in [0.25, 0.3) is 0 Å². The second-order valence-corrected chi connectivity index (χ2v) is 27.1. The summed E-state index contributed by atoms with van der Waals surface area (Å²) in [5, 5.41) is 9.10. The molecule has 0 aromatic carbocycles. The fraction of sp³-hybridized carbons (Fsp3) is 0.857. The van der Waals surface area contributed by atoms with Crippen LogP contribution in [0.15, 0.2) is 0 Å². The van der Waals surface area contributed by atoms with Gasteiger partial charge < -0.3 is 18.2 Å². The van der Waals surface area contributed by atoms with Crippen molar-refractivity contribution in [3.63, 3.8) is 0 Å². The predicted octanol–water partition coefficient (Wildman–Crippen LogP) is 2.31. The highest BCUT2D eigenvalue weighted by Gasteiger charge is 2.40. The number of nitrogens with zero attached hydrogens (tertiary/aromatic N) is 1. The van der Waals surface area contributed by atoms with E-state index in [0.29, 0.717) is 28.4 Å². The van der Waals surface area contributed by atoms with Crippen molar-refractivity contribution in [1.82, 2.24) is 4.90 Å². The van der Waals surface area contributed by atoms with Crippen LogP contribution in [-0.4, -0.2) is 68.7 Å². The molecule has 1 heterocycles. The molecule has 0 aromatic rings. The Hall–Kier alpha value is -0.272. The normalized spacial score (nSPS) is 21.9. The molecule has 1 N–H and O–H groups in total. The lowest BCUT2D eigenvalue weighted by Gasteiger charge is -2.36. The van der Waals surface area contributed by atoms with Crippen molar-refractivity contribution in [2.24, 2.45) is 5.92 Å². The monoisotopic (exact) mass is 405 g/mol. The molecular weight excluding hydrogens is 375 g/mol. The van der Waals surface area contributed by atoms with Crippen LogP contribution in [0.2, 0.25) is 51.9 Å². The first-order valence-corrected chi connectivity index (χ1v) is 19.7. The minimum absolute atomic E-state index is 0.0700. The molecule has 1 aliphatic rings. The number of carboxylic acids is 1. The number of carbonyl (C=O) groups is 2. The Kier molecular flexibility index (Phi) is 7.21. The van der Waals surface area contributed by atoms with Crippen LogP contribution < -0.4 is 0 Å². The van der Waals surface area contributed by atoms with Crippen molar-refractivity contribution < 1.29 is 22.9 Å². The molecule has 1 saturated heterocycles. The first kappa shape index (κ1) is 21.8. The first-order valence-electron chi connectivity index (χ1n) is 8.37. The van der Waals surface area contributed by atoms with E-state index < -0.39 is 36.4 Å². The Morgan fingerprint density at radius 3 is 2.25 bits per heavy atom. The molecule has 2 radical (unpaired) electrons. The highest BCUT2D eigenvalue weighted by atomic mass is 29.2. The Labute approximate surface area is 151 Å². The van der Waals surface area contributed by atoms with Gasteiger partial charge in [-0.2, -0.15) is 0 Å². The molecule has 1 rings (SSSR count). The van der Waals surface area contributed by atoms with Crippen molar-refractivity contribution in [3.8, 4) is 0 Å². The number of hydrogen-bond donors (Lipinski definition) is 1. The molecule has 1 amide bonds. The fourth-order valence-electron chi connectivity index (χ4n) is 2.52. The molecule has 24 heavy (non-hydrogen) atoms. The van der Waals surface area contributed by atoms with Gasteiger partial charge in [-0.3, -0.25) is 9.59 Å². The largest absolute Gasteiger partial charge is 0.481 e. The summed E-state index contributed by atoms with van der Waals surface area (Å²) < 4.78 is 12.7. The van der Waals surface area contributed by atoms with Gasteiger partial charge in [-0.05, 0) is 26.2 Å². The average molecular weight is 406 g/mol. The Balaban J connectivity index is 2.71. The minimum atomic E-state index is -2.37. The maximum absolute atomic E-state index is 12.0. The van der Waals surface area contributed by atoms with E-state index in [0.717, 1.165) is 0 Å². The van der Waals surface area contributed by atoms with E-state index in [1.807, 2.05) is 0 Å². The zero-order valence-corrected chi connectivity index (χ0v) is 19.9. The van der Waals surface area contributed by atoms with Crippen LogP contribution in [0.25, 0.3) is 0 Å². The van der Waals surface area contributed by atoms with Crippen LogP contribution in [0.5, 0.6) is 0 Å². The Bertz CT molecular complexity index is 477. The van der Waals surface area contributed by atoms with Gasteiger partial charge in [0.2, 0.25) is 5.91 Å². The lowest BCUT2D eigenvalue weighted by atomic mass is 10.1. The van der Waals surface area contributed by atoms with Gasteiger partial charge in [0.05, 0.1) is 13.5 Å². The third-order valence-electron chi connectivity index (χ3n) is 3.49. The van der Waals surface area contributed by atoms with Gasteiger partial charge in [0.1, 0.15) is 0 Å². The molecule has 138 valence electrons. The lowest BCUT2D eigenvalue weighted by Crippen LogP contribution is -2.52. The topological polar surface area (TPSA) is 76.1 Å². The summed E-state index contributed by atoms with van der Waals surface area (Å²) in [5.74, 6) is -1.53. The van der Waals surface area contributed by atoms with E-state index in [-0.39, 0.29) is 12.3 Å². The fourth-order valence-corrected chi connectivity index (χ4v) is 16.5. The highest BCUT2D eigenvalue weighted by molar-refractivity contribution is 7.22. The predicted molar refractivity (Wildman–Crippen MR) is 103 cm³/mol. The van der Waals surface area contributed by atoms with Gasteiger partial charge in [-0.1, -0.05) is 19.6 Å². The summed E-state index contributed by atoms with van der Waals surface area (Å²) in [6.07, 6.45) is 0.111. The summed E-state index contributed by atoms with van der Waals surface area (Å²) in [7, 11) is -4.97. The number of carboxylic acid groups (broad SMARTS) is 1. The summed E-state index contributed by atoms with van der Waals surface area (Å²) in [6.45, 7) is 16.2. The smallest absolute Gasteiger partial charge is 0.315 e. The van der Waals surface area contributed by atoms with Crippen molar-refractivity contribution in [3.05, 3.63) is 0 Å². The molecule has 6 nitrogen and oxygen atoms in total. The van der Waals surface area contributed by atoms with Crippen LogP contribution >= 0.6 is 0 Å². The minimum Gasteiger partial charge on any atom is -0.481 e. The highest BCUT2D eigenvalue weighted by Crippen LogP contribution is 2.24. The SMILES string of the molecule is C[Si](C)(C)O[Si](C)(CCN1CC(C(=O)O)CC1=O)O[Si][Si](C)(C)C. The maximum Gasteiger partial charge on any atom is 0.315 e. The molecular formula is C14H31NO5Si4. The second kappa shape index (κ2) is 7.95. The van der Waals surface area contributed by atoms with Crippen molar-refractivity contribution in [1.29, 1.82) is 0 Å². The van der Waals surface area contributed by atoms with Crippen LogP contribution in [0.1, 0.15) is 6.42 Å². The number of amides is 1. The molecule has 0 bridgehead atoms. The summed E-state index contributed by atoms with van der Waals surface area (Å²) >= 11 is 0. The molecule has 10 heteroatoms. The standard InChI is InChI=1S/C14H31NO5Si4/c1-22(2,3)20-24(7,19-21-23(4,5)6)9-8-15-11-12(14(17)18)10-13(15)16/h12H,8-11H2,1-7H3,(H,17,18). The number of aliphatic carboxylic acids is 1. The molecule has 1 aliphatic heterocycles. The maximum atomic E-state index is 12.0. The van der Waals surface area contributed by atoms with Gasteiger partial charge in [0.15, 0.2) is 17.6 Å². The molecule has 0 aliphatic carbocycles. The number of likely N-dealkylation sites (tertiary alicyclic amines) is 1. The molecule has 0 saturated carbocycles. The number of rotatable bonds is 9. The lowest BCUT2D eigenvalue weighted by molar-refractivity contribution is -0.141. The molecule has 0 aromatic heterocycles. The first-order chi connectivity index (χ1) is 10.7. The zero-order valence-electron chi connectivity index (χ0n) is 15.9. The summed E-state index contributed by atoms with van der Waals surface area (Å²) in [4.78, 5) is 24.8. The van der Waals surface area contributed by atoms with E-state index in [1.54, 1.807) is 4.90 Å². The molecule has 2 atom stereocenters. The average Bonchev–Trinajstić information content (AvgIpc) is 2.73. The van der Waals surface area contributed by atoms with E-state index in [1.165, 1.54) is 0 Å². The van der Waals surface area contributed by atoms with Crippen LogP contribution in [0, 0.1) is 5.92 Å². The van der Waals surface area contributed by atoms with E-state index in [2.05, 4.69) is 45.8 Å². The Morgan fingerprint density at radius 1 is 1.25 bits per heavy atom. The summed E-state index contributed by atoms with van der Waals surface area (Å²) in [6, 6.07) is 0.701. The number of hydrogen-bond acceptors (Lipinski definition) is 4. The molecule has 2 unspecified atom stereocenters. The third kappa shape index (κ3) is 7.74. The zero-order chi connectivity index (χ0) is 18.8. The Morgan fingerprint density at radius 2 is 1.83 bits per heavy atom. The van der Waals surface area contributed by atoms with Gasteiger partial charge in [-0.15, -0.1) is 0 Å². The third-order valence-corrected chi connectivity index (χ3v) is 14.3. The van der Waals surface area contributed by atoms with Gasteiger partial charge in [0, 0.05) is 25.6 Å². The van der Waals surface area contributed by atoms with Crippen LogP contribution in [-0.2, 0) is 17.8 Å². The molecule has 1 fully saturated rings. The number of carbonyl (C=O) groups excluding carboxylic acids is 1. The van der Waals surface area contributed by atoms with E-state index in [9.17, 15) is 9.59 Å². The van der Waals surface area contributed by atoms with Crippen molar-refractivity contribution in [2.75, 3.05) is 13.1 Å². The van der Waals surface area contributed by atoms with Crippen molar-refractivity contribution in [2.45, 2.75) is 58.3 Å². The summed E-state index contributed by atoms with van der Waals surface area (Å²) in [5.41, 5.74) is 0. The second-order valence-electron chi connectivity index (χ2n) is 8.63. The van der Waals surface area contributed by atoms with Crippen LogP contribution in [0.3, 0.4) is 0 Å².